The molecule has 0 saturated heterocycles. The third-order valence-electron chi connectivity index (χ3n) is 2.92. The lowest BCUT2D eigenvalue weighted by Crippen LogP contribution is -2.12. The summed E-state index contributed by atoms with van der Waals surface area (Å²) in [7, 11) is 0. The predicted octanol–water partition coefficient (Wildman–Crippen LogP) is 3.61. The summed E-state index contributed by atoms with van der Waals surface area (Å²) in [5.41, 5.74) is 3.63. The predicted molar refractivity (Wildman–Crippen MR) is 83.6 cm³/mol. The molecule has 2 aromatic carbocycles. The molecule has 0 spiro atoms. The van der Waals surface area contributed by atoms with Crippen LogP contribution in [0.25, 0.3) is 0 Å². The molecule has 0 atom stereocenters. The third kappa shape index (κ3) is 3.17. The fourth-order valence-electron chi connectivity index (χ4n) is 1.84. The van der Waals surface area contributed by atoms with Crippen LogP contribution in [-0.2, 0) is 6.54 Å². The molecule has 8 heteroatoms. The van der Waals surface area contributed by atoms with Crippen molar-refractivity contribution in [3.8, 4) is 0 Å². The normalized spacial score (nSPS) is 10.6. The minimum atomic E-state index is -1.48. The summed E-state index contributed by atoms with van der Waals surface area (Å²) in [5.74, 6) is -4.88. The number of nitrogens with one attached hydrogen (secondary N) is 1. The Labute approximate surface area is 137 Å². The summed E-state index contributed by atoms with van der Waals surface area (Å²) in [4.78, 5) is 11.2. The molecule has 2 rings (SSSR count). The van der Waals surface area contributed by atoms with Gasteiger partial charge in [-0.05, 0) is 46.9 Å². The Morgan fingerprint density at radius 2 is 1.91 bits per heavy atom. The third-order valence-corrected chi connectivity index (χ3v) is 3.59. The average molecular weight is 422 g/mol. The maximum absolute atomic E-state index is 14.1. The highest BCUT2D eigenvalue weighted by atomic mass is 127. The van der Waals surface area contributed by atoms with E-state index in [0.29, 0.717) is 3.57 Å². The van der Waals surface area contributed by atoms with E-state index >= 15 is 0 Å². The van der Waals surface area contributed by atoms with Gasteiger partial charge in [-0.25, -0.2) is 18.0 Å². The Balaban J connectivity index is 2.58. The van der Waals surface area contributed by atoms with E-state index < -0.39 is 34.7 Å². The van der Waals surface area contributed by atoms with Gasteiger partial charge in [0.1, 0.15) is 5.82 Å². The number of hydrogen-bond donors (Lipinski definition) is 3. The van der Waals surface area contributed by atoms with Gasteiger partial charge in [-0.2, -0.15) is 0 Å². The maximum Gasteiger partial charge on any atom is 0.337 e. The molecule has 0 aliphatic rings. The molecule has 0 amide bonds. The molecule has 0 bridgehead atoms. The minimum absolute atomic E-state index is 0.165. The van der Waals surface area contributed by atoms with Gasteiger partial charge in [-0.15, -0.1) is 0 Å². The molecule has 4 N–H and O–H groups in total. The lowest BCUT2D eigenvalue weighted by Gasteiger charge is -2.14. The number of rotatable bonds is 4. The van der Waals surface area contributed by atoms with Crippen molar-refractivity contribution in [2.45, 2.75) is 6.54 Å². The molecule has 0 unspecified atom stereocenters. The van der Waals surface area contributed by atoms with Gasteiger partial charge in [0.05, 0.1) is 16.9 Å². The van der Waals surface area contributed by atoms with Crippen LogP contribution in [0.2, 0.25) is 0 Å². The van der Waals surface area contributed by atoms with E-state index in [1.807, 2.05) is 22.6 Å². The number of carboxylic acid groups (broad SMARTS) is 1. The zero-order valence-corrected chi connectivity index (χ0v) is 13.1. The lowest BCUT2D eigenvalue weighted by molar-refractivity contribution is 0.0697. The van der Waals surface area contributed by atoms with Gasteiger partial charge in [0, 0.05) is 15.7 Å². The van der Waals surface area contributed by atoms with Gasteiger partial charge < -0.3 is 16.2 Å². The number of carboxylic acids is 1. The van der Waals surface area contributed by atoms with E-state index in [0.717, 1.165) is 6.07 Å². The Morgan fingerprint density at radius 1 is 1.23 bits per heavy atom. The van der Waals surface area contributed by atoms with Crippen molar-refractivity contribution < 1.29 is 23.1 Å². The molecule has 0 fully saturated rings. The van der Waals surface area contributed by atoms with Crippen molar-refractivity contribution >= 4 is 39.9 Å². The van der Waals surface area contributed by atoms with E-state index in [4.69, 9.17) is 10.8 Å². The summed E-state index contributed by atoms with van der Waals surface area (Å²) < 4.78 is 42.3. The topological polar surface area (TPSA) is 75.4 Å². The van der Waals surface area contributed by atoms with E-state index in [1.165, 1.54) is 18.2 Å². The van der Waals surface area contributed by atoms with Crippen LogP contribution in [0.15, 0.2) is 24.3 Å². The first-order valence-electron chi connectivity index (χ1n) is 6.01. The summed E-state index contributed by atoms with van der Waals surface area (Å²) >= 11 is 1.88. The van der Waals surface area contributed by atoms with Crippen molar-refractivity contribution in [1.82, 2.24) is 0 Å². The molecule has 0 heterocycles. The number of halogens is 4. The largest absolute Gasteiger partial charge is 0.478 e. The first-order chi connectivity index (χ1) is 10.3. The van der Waals surface area contributed by atoms with Crippen LogP contribution in [0, 0.1) is 21.0 Å². The van der Waals surface area contributed by atoms with Gasteiger partial charge in [0.25, 0.3) is 0 Å². The van der Waals surface area contributed by atoms with Gasteiger partial charge >= 0.3 is 5.97 Å². The fraction of sp³-hybridized carbons (Fsp3) is 0.0714. The van der Waals surface area contributed by atoms with E-state index in [-0.39, 0.29) is 17.8 Å². The number of carbonyl (C=O) groups is 1. The van der Waals surface area contributed by atoms with Crippen LogP contribution < -0.4 is 11.1 Å². The Kier molecular flexibility index (Phi) is 4.91. The molecule has 0 saturated carbocycles. The maximum atomic E-state index is 14.1. The molecule has 0 aliphatic carbocycles. The standard InChI is InChI=1S/C14H10F3IN2O2/c15-9-4-7(18)1-2-10(9)20-13-8(14(21)22)3-6(5-19)11(16)12(13)17/h1-4,20H,5,19H2,(H,21,22). The van der Waals surface area contributed by atoms with Gasteiger partial charge in [-0.1, -0.05) is 0 Å². The molecular weight excluding hydrogens is 412 g/mol. The summed E-state index contributed by atoms with van der Waals surface area (Å²) in [5, 5.41) is 11.4. The second-order valence-electron chi connectivity index (χ2n) is 4.34. The molecular formula is C14H10F3IN2O2. The van der Waals surface area contributed by atoms with E-state index in [9.17, 15) is 18.0 Å². The van der Waals surface area contributed by atoms with Crippen LogP contribution in [0.5, 0.6) is 0 Å². The number of nitrogens with two attached hydrogens (primary N) is 1. The highest BCUT2D eigenvalue weighted by molar-refractivity contribution is 14.1. The van der Waals surface area contributed by atoms with Gasteiger partial charge in [0.2, 0.25) is 0 Å². The van der Waals surface area contributed by atoms with Gasteiger partial charge in [0.15, 0.2) is 11.6 Å². The first-order valence-corrected chi connectivity index (χ1v) is 7.09. The number of anilines is 2. The summed E-state index contributed by atoms with van der Waals surface area (Å²) in [6.45, 7) is -0.360. The minimum Gasteiger partial charge on any atom is -0.478 e. The number of hydrogen-bond acceptors (Lipinski definition) is 3. The van der Waals surface area contributed by atoms with Crippen LogP contribution in [0.4, 0.5) is 24.5 Å². The lowest BCUT2D eigenvalue weighted by atomic mass is 10.1. The molecule has 0 radical (unpaired) electrons. The van der Waals surface area contributed by atoms with Crippen molar-refractivity contribution in [3.05, 3.63) is 56.4 Å². The Hall–Kier alpha value is -1.81. The van der Waals surface area contributed by atoms with Crippen molar-refractivity contribution in [3.63, 3.8) is 0 Å². The highest BCUT2D eigenvalue weighted by Crippen LogP contribution is 2.30. The Morgan fingerprint density at radius 3 is 2.45 bits per heavy atom. The average Bonchev–Trinajstić information content (AvgIpc) is 2.46. The fourth-order valence-corrected chi connectivity index (χ4v) is 2.30. The highest BCUT2D eigenvalue weighted by Gasteiger charge is 2.22. The van der Waals surface area contributed by atoms with Crippen LogP contribution in [0.3, 0.4) is 0 Å². The second kappa shape index (κ2) is 6.53. The van der Waals surface area contributed by atoms with E-state index in [2.05, 4.69) is 5.32 Å². The first kappa shape index (κ1) is 16.6. The molecule has 2 aromatic rings. The number of benzene rings is 2. The monoisotopic (exact) mass is 422 g/mol. The molecule has 0 aliphatic heterocycles. The Bertz CT molecular complexity index is 753. The van der Waals surface area contributed by atoms with Crippen LogP contribution >= 0.6 is 22.6 Å². The summed E-state index contributed by atoms with van der Waals surface area (Å²) in [6, 6.07) is 4.94. The van der Waals surface area contributed by atoms with Crippen LogP contribution in [-0.4, -0.2) is 11.1 Å². The summed E-state index contributed by atoms with van der Waals surface area (Å²) in [6.07, 6.45) is 0. The van der Waals surface area contributed by atoms with Crippen molar-refractivity contribution in [1.29, 1.82) is 0 Å². The molecule has 0 aromatic heterocycles. The van der Waals surface area contributed by atoms with E-state index in [1.54, 1.807) is 0 Å². The van der Waals surface area contributed by atoms with Crippen molar-refractivity contribution in [2.75, 3.05) is 5.32 Å². The quantitative estimate of drug-likeness (QED) is 0.659. The van der Waals surface area contributed by atoms with Crippen LogP contribution in [0.1, 0.15) is 15.9 Å². The number of aromatic carboxylic acids is 1. The van der Waals surface area contributed by atoms with Gasteiger partial charge in [-0.3, -0.25) is 0 Å². The molecule has 116 valence electrons. The molecule has 4 nitrogen and oxygen atoms in total. The van der Waals surface area contributed by atoms with Crippen molar-refractivity contribution in [2.24, 2.45) is 5.73 Å². The molecule has 22 heavy (non-hydrogen) atoms. The SMILES string of the molecule is NCc1cc(C(=O)O)c(Nc2ccc(I)cc2F)c(F)c1F. The zero-order valence-electron chi connectivity index (χ0n) is 11.0. The smallest absolute Gasteiger partial charge is 0.337 e. The second-order valence-corrected chi connectivity index (χ2v) is 5.59. The zero-order chi connectivity index (χ0) is 16.4.